The number of ether oxygens (including phenoxy) is 1. The zero-order chi connectivity index (χ0) is 9.68. The van der Waals surface area contributed by atoms with E-state index in [0.717, 1.165) is 0 Å². The highest BCUT2D eigenvalue weighted by atomic mass is 16.5. The van der Waals surface area contributed by atoms with Crippen LogP contribution in [-0.4, -0.2) is 16.5 Å². The Balaban J connectivity index is 2.85. The van der Waals surface area contributed by atoms with Gasteiger partial charge in [-0.1, -0.05) is 12.7 Å². The second kappa shape index (κ2) is 4.47. The minimum atomic E-state index is -0.255. The monoisotopic (exact) mass is 183 g/mol. The van der Waals surface area contributed by atoms with Crippen molar-refractivity contribution in [1.82, 2.24) is 0 Å². The van der Waals surface area contributed by atoms with E-state index in [0.29, 0.717) is 6.61 Å². The molecule has 4 nitrogen and oxygen atoms in total. The maximum absolute atomic E-state index is 9.32. The van der Waals surface area contributed by atoms with Crippen LogP contribution in [-0.2, 0) is 6.61 Å². The van der Waals surface area contributed by atoms with Gasteiger partial charge < -0.3 is 14.3 Å². The Morgan fingerprint density at radius 3 is 3.00 bits per heavy atom. The molecule has 0 aliphatic carbocycles. The highest BCUT2D eigenvalue weighted by Gasteiger charge is 2.07. The molecule has 13 heavy (non-hydrogen) atoms. The van der Waals surface area contributed by atoms with Crippen LogP contribution in [0.4, 0.5) is 0 Å². The van der Waals surface area contributed by atoms with Gasteiger partial charge in [0.1, 0.15) is 25.2 Å². The molecule has 70 valence electrons. The molecule has 2 N–H and O–H groups in total. The molecule has 1 heterocycles. The quantitative estimate of drug-likeness (QED) is 0.540. The molecular weight excluding hydrogens is 172 g/mol. The molecule has 0 unspecified atom stereocenters. The van der Waals surface area contributed by atoms with Crippen LogP contribution in [0.25, 0.3) is 0 Å². The van der Waals surface area contributed by atoms with Gasteiger partial charge in [-0.3, -0.25) is 4.79 Å². The van der Waals surface area contributed by atoms with Gasteiger partial charge in [-0.2, -0.15) is 0 Å². The highest BCUT2D eigenvalue weighted by Crippen LogP contribution is 2.04. The molecule has 0 saturated carbocycles. The largest absolute Gasteiger partial charge is 0.479 e. The van der Waals surface area contributed by atoms with Crippen LogP contribution in [0.15, 0.2) is 29.4 Å². The Hall–Kier alpha value is -1.55. The summed E-state index contributed by atoms with van der Waals surface area (Å²) in [5.41, 5.74) is -0.0582. The van der Waals surface area contributed by atoms with Crippen molar-refractivity contribution in [1.29, 1.82) is 0 Å². The van der Waals surface area contributed by atoms with E-state index >= 15 is 0 Å². The zero-order valence-electron chi connectivity index (χ0n) is 7.06. The first kappa shape index (κ1) is 9.54. The summed E-state index contributed by atoms with van der Waals surface area (Å²) in [6.45, 7) is 3.50. The van der Waals surface area contributed by atoms with E-state index < -0.39 is 0 Å². The van der Waals surface area contributed by atoms with Gasteiger partial charge in [0.2, 0.25) is 0 Å². The molecule has 0 aliphatic rings. The lowest BCUT2D eigenvalue weighted by Gasteiger charge is -1.98. The van der Waals surface area contributed by atoms with Crippen molar-refractivity contribution in [2.24, 2.45) is 0 Å². The first-order valence-electron chi connectivity index (χ1n) is 3.76. The normalized spacial score (nSPS) is 9.62. The van der Waals surface area contributed by atoms with Crippen LogP contribution < -0.4 is 10.2 Å². The van der Waals surface area contributed by atoms with E-state index in [2.05, 4.69) is 6.58 Å². The summed E-state index contributed by atoms with van der Waals surface area (Å²) in [5.74, 6) is 0.514. The summed E-state index contributed by atoms with van der Waals surface area (Å²) in [6, 6.07) is 1.30. The summed E-state index contributed by atoms with van der Waals surface area (Å²) in [7, 11) is 0. The van der Waals surface area contributed by atoms with Gasteiger partial charge in [0.05, 0.1) is 6.07 Å². The Kier molecular flexibility index (Phi) is 3.28. The lowest BCUT2D eigenvalue weighted by Crippen LogP contribution is -2.09. The molecule has 0 atom stereocenters. The van der Waals surface area contributed by atoms with E-state index in [1.165, 1.54) is 12.3 Å². The van der Waals surface area contributed by atoms with Crippen molar-refractivity contribution in [2.45, 2.75) is 6.61 Å². The van der Waals surface area contributed by atoms with Gasteiger partial charge in [0, 0.05) is 0 Å². The third-order valence-corrected chi connectivity index (χ3v) is 1.38. The van der Waals surface area contributed by atoms with Crippen LogP contribution in [0, 0.1) is 0 Å². The van der Waals surface area contributed by atoms with Crippen molar-refractivity contribution in [3.05, 3.63) is 36.2 Å². The molecule has 4 heteroatoms. The van der Waals surface area contributed by atoms with Crippen LogP contribution in [0.3, 0.4) is 0 Å². The van der Waals surface area contributed by atoms with E-state index in [4.69, 9.17) is 14.3 Å². The fourth-order valence-electron chi connectivity index (χ4n) is 0.787. The van der Waals surface area contributed by atoms with Gasteiger partial charge >= 0.3 is 5.43 Å². The van der Waals surface area contributed by atoms with E-state index in [-0.39, 0.29) is 23.5 Å². The molecule has 0 radical (unpaired) electrons. The van der Waals surface area contributed by atoms with Crippen molar-refractivity contribution in [3.63, 3.8) is 0 Å². The lowest BCUT2D eigenvalue weighted by molar-refractivity contribution is 0.237. The van der Waals surface area contributed by atoms with Gasteiger partial charge in [0.25, 0.3) is 5.75 Å². The predicted molar refractivity (Wildman–Crippen MR) is 45.4 cm³/mol. The molecule has 0 saturated heterocycles. The van der Waals surface area contributed by atoms with Crippen molar-refractivity contribution in [2.75, 3.05) is 6.61 Å². The fraction of sp³-hybridized carbons (Fsp3) is 0.222. The summed E-state index contributed by atoms with van der Waals surface area (Å²) in [6.07, 6.45) is 2.80. The van der Waals surface area contributed by atoms with Crippen molar-refractivity contribution < 1.29 is 19.1 Å². The van der Waals surface area contributed by atoms with Crippen LogP contribution >= 0.6 is 0 Å². The van der Waals surface area contributed by atoms with Crippen LogP contribution in [0.1, 0.15) is 5.76 Å². The summed E-state index contributed by atoms with van der Waals surface area (Å²) in [5, 5.41) is 8.67. The van der Waals surface area contributed by atoms with E-state index in [9.17, 15) is 4.79 Å². The molecule has 1 rings (SSSR count). The third-order valence-electron chi connectivity index (χ3n) is 1.38. The van der Waals surface area contributed by atoms with Gasteiger partial charge in [-0.15, -0.1) is 0 Å². The van der Waals surface area contributed by atoms with Gasteiger partial charge in [-0.05, 0) is 0 Å². The van der Waals surface area contributed by atoms with E-state index in [1.54, 1.807) is 6.08 Å². The molecule has 0 bridgehead atoms. The molecular formula is C9H11O4+. The zero-order valence-corrected chi connectivity index (χ0v) is 7.06. The average molecular weight is 183 g/mol. The maximum Gasteiger partial charge on any atom is 0.388 e. The van der Waals surface area contributed by atoms with E-state index in [1.807, 2.05) is 0 Å². The second-order valence-electron chi connectivity index (χ2n) is 2.35. The maximum atomic E-state index is 9.32. The molecule has 0 aliphatic heterocycles. The van der Waals surface area contributed by atoms with Crippen LogP contribution in [0.2, 0.25) is 0 Å². The Bertz CT molecular complexity index is 340. The van der Waals surface area contributed by atoms with Crippen LogP contribution in [0.5, 0.6) is 5.75 Å². The average Bonchev–Trinajstić information content (AvgIpc) is 2.16. The van der Waals surface area contributed by atoms with Gasteiger partial charge in [0.15, 0.2) is 0 Å². The number of aliphatic hydroxyl groups is 1. The van der Waals surface area contributed by atoms with Gasteiger partial charge in [-0.25, -0.2) is 0 Å². The number of hydrogen-bond acceptors (Lipinski definition) is 3. The summed E-state index contributed by atoms with van der Waals surface area (Å²) < 4.78 is 9.96. The molecule has 1 aromatic rings. The third kappa shape index (κ3) is 2.45. The Morgan fingerprint density at radius 2 is 2.46 bits per heavy atom. The summed E-state index contributed by atoms with van der Waals surface area (Å²) >= 11 is 0. The van der Waals surface area contributed by atoms with Crippen molar-refractivity contribution >= 4 is 0 Å². The molecule has 0 aromatic carbocycles. The Morgan fingerprint density at radius 1 is 1.69 bits per heavy atom. The first-order valence-corrected chi connectivity index (χ1v) is 3.76. The molecule has 0 spiro atoms. The van der Waals surface area contributed by atoms with Crippen molar-refractivity contribution in [3.8, 4) is 5.75 Å². The minimum Gasteiger partial charge on any atom is -0.479 e. The SMILES string of the molecule is C=CCOc1coc(CO)cc1=[OH+]. The first-order chi connectivity index (χ1) is 6.27. The predicted octanol–water partition coefficient (Wildman–Crippen LogP) is 0.341. The molecule has 1 aromatic heterocycles. The molecule has 0 fully saturated rings. The smallest absolute Gasteiger partial charge is 0.388 e. The Labute approximate surface area is 75.1 Å². The standard InChI is InChI=1S/C9H10O4/c1-2-3-12-9-6-13-7(5-10)4-8(9)11/h2,4,6,10H,1,3,5H2/p+1. The molecule has 0 amide bonds. The number of rotatable bonds is 4. The number of aliphatic hydroxyl groups excluding tert-OH is 1. The second-order valence-corrected chi connectivity index (χ2v) is 2.35. The fourth-order valence-corrected chi connectivity index (χ4v) is 0.787. The lowest BCUT2D eigenvalue weighted by atomic mass is 10.4. The highest BCUT2D eigenvalue weighted by molar-refractivity contribution is 5.15. The number of hydrogen-bond donors (Lipinski definition) is 1. The summed E-state index contributed by atoms with van der Waals surface area (Å²) in [4.78, 5) is 9.32. The minimum absolute atomic E-state index is 0.0582. The topological polar surface area (TPSA) is 64.0 Å².